The molecule has 4 heterocycles. The van der Waals surface area contributed by atoms with Crippen LogP contribution in [-0.4, -0.2) is 81.1 Å². The van der Waals surface area contributed by atoms with Gasteiger partial charge < -0.3 is 19.6 Å². The molecule has 0 aromatic carbocycles. The minimum absolute atomic E-state index is 0.0566. The Bertz CT molecular complexity index is 799. The van der Waals surface area contributed by atoms with Crippen molar-refractivity contribution >= 4 is 29.5 Å². The highest BCUT2D eigenvalue weighted by molar-refractivity contribution is 8.02. The largest absolute Gasteiger partial charge is 0.465 e. The molecule has 170 valence electrons. The zero-order chi connectivity index (χ0) is 22.2. The molecule has 2 amide bonds. The molecular formula is C23H32N2O5S. The second-order valence-electron chi connectivity index (χ2n) is 8.87. The highest BCUT2D eigenvalue weighted by Crippen LogP contribution is 2.60. The molecule has 8 heteroatoms. The quantitative estimate of drug-likeness (QED) is 0.492. The van der Waals surface area contributed by atoms with E-state index in [9.17, 15) is 19.5 Å². The Kier molecular flexibility index (Phi) is 6.49. The number of thioether (sulfide) groups is 1. The smallest absolute Gasteiger partial charge is 0.311 e. The number of amides is 2. The molecule has 6 atom stereocenters. The number of rotatable bonds is 6. The maximum absolute atomic E-state index is 13.9. The maximum Gasteiger partial charge on any atom is 0.311 e. The maximum atomic E-state index is 13.9. The van der Waals surface area contributed by atoms with Crippen molar-refractivity contribution in [1.82, 2.24) is 9.80 Å². The molecule has 0 aromatic heterocycles. The first-order valence-electron chi connectivity index (χ1n) is 11.4. The molecule has 4 rings (SSSR count). The Morgan fingerprint density at radius 3 is 2.84 bits per heavy atom. The number of carbonyl (C=O) groups is 3. The summed E-state index contributed by atoms with van der Waals surface area (Å²) in [6.45, 7) is 5.21. The number of esters is 1. The number of likely N-dealkylation sites (tertiary alicyclic amines) is 1. The van der Waals surface area contributed by atoms with Gasteiger partial charge in [-0.05, 0) is 26.2 Å². The van der Waals surface area contributed by atoms with Gasteiger partial charge in [-0.2, -0.15) is 0 Å². The lowest BCUT2D eigenvalue weighted by molar-refractivity contribution is -0.153. The van der Waals surface area contributed by atoms with Gasteiger partial charge in [-0.15, -0.1) is 11.8 Å². The molecular weight excluding hydrogens is 416 g/mol. The number of cyclic esters (lactones) is 1. The van der Waals surface area contributed by atoms with Gasteiger partial charge in [-0.25, -0.2) is 0 Å². The standard InChI is InChI=1S/C23H32N2O5S/c1-3-8-15(2)24-11-6-10-23-18(17-16(31-23)9-4-5-14-30-22(17)29)20(27)25(12-7-13-26)19(23)21(24)28/h4,6,9-10,15-19,26H,3,5,7-8,11-14H2,1-2H3/t15?,16-,17+,18+,19?,23+/m1/s1. The minimum atomic E-state index is -0.798. The van der Waals surface area contributed by atoms with E-state index < -0.39 is 22.6 Å². The molecule has 0 bridgehead atoms. The van der Waals surface area contributed by atoms with Crippen LogP contribution in [0.3, 0.4) is 0 Å². The summed E-state index contributed by atoms with van der Waals surface area (Å²) >= 11 is 1.56. The number of aliphatic hydroxyl groups is 1. The number of hydrogen-bond donors (Lipinski definition) is 1. The lowest BCUT2D eigenvalue weighted by Crippen LogP contribution is -2.55. The van der Waals surface area contributed by atoms with Crippen LogP contribution >= 0.6 is 11.8 Å². The van der Waals surface area contributed by atoms with Gasteiger partial charge >= 0.3 is 5.97 Å². The fourth-order valence-corrected chi connectivity index (χ4v) is 7.58. The fraction of sp³-hybridized carbons (Fsp3) is 0.696. The topological polar surface area (TPSA) is 87.2 Å². The van der Waals surface area contributed by atoms with Crippen LogP contribution in [0.25, 0.3) is 0 Å². The van der Waals surface area contributed by atoms with Crippen molar-refractivity contribution in [3.8, 4) is 0 Å². The van der Waals surface area contributed by atoms with Crippen LogP contribution in [0, 0.1) is 11.8 Å². The van der Waals surface area contributed by atoms with E-state index in [1.165, 1.54) is 0 Å². The summed E-state index contributed by atoms with van der Waals surface area (Å²) in [6.07, 6.45) is 11.0. The third-order valence-corrected chi connectivity index (χ3v) is 8.69. The summed E-state index contributed by atoms with van der Waals surface area (Å²) < 4.78 is 4.66. The third kappa shape index (κ3) is 3.61. The number of nitrogens with zero attached hydrogens (tertiary/aromatic N) is 2. The summed E-state index contributed by atoms with van der Waals surface area (Å²) in [4.78, 5) is 44.1. The van der Waals surface area contributed by atoms with Crippen molar-refractivity contribution in [2.45, 2.75) is 61.6 Å². The first kappa shape index (κ1) is 22.4. The van der Waals surface area contributed by atoms with Crippen LogP contribution in [0.4, 0.5) is 0 Å². The fourth-order valence-electron chi connectivity index (χ4n) is 5.58. The molecule has 7 nitrogen and oxygen atoms in total. The minimum Gasteiger partial charge on any atom is -0.465 e. The second-order valence-corrected chi connectivity index (χ2v) is 10.4. The lowest BCUT2D eigenvalue weighted by atomic mass is 9.78. The van der Waals surface area contributed by atoms with Crippen LogP contribution in [0.5, 0.6) is 0 Å². The molecule has 2 fully saturated rings. The first-order valence-corrected chi connectivity index (χ1v) is 12.2. The molecule has 2 unspecified atom stereocenters. The molecule has 0 aromatic rings. The normalized spacial score (nSPS) is 35.8. The molecule has 1 spiro atoms. The van der Waals surface area contributed by atoms with E-state index in [1.807, 2.05) is 29.2 Å². The number of hydrogen-bond acceptors (Lipinski definition) is 6. The van der Waals surface area contributed by atoms with Gasteiger partial charge in [-0.3, -0.25) is 14.4 Å². The Hall–Kier alpha value is -1.80. The number of ether oxygens (including phenoxy) is 1. The second kappa shape index (κ2) is 8.98. The molecule has 31 heavy (non-hydrogen) atoms. The van der Waals surface area contributed by atoms with Gasteiger partial charge in [0.1, 0.15) is 6.04 Å². The number of carbonyl (C=O) groups excluding carboxylic acids is 3. The van der Waals surface area contributed by atoms with Crippen molar-refractivity contribution in [2.75, 3.05) is 26.3 Å². The first-order chi connectivity index (χ1) is 15.0. The Morgan fingerprint density at radius 2 is 2.10 bits per heavy atom. The molecule has 0 radical (unpaired) electrons. The number of fused-ring (bicyclic) bond motifs is 2. The summed E-state index contributed by atoms with van der Waals surface area (Å²) in [6, 6.07) is -0.606. The van der Waals surface area contributed by atoms with Gasteiger partial charge in [0.2, 0.25) is 11.8 Å². The summed E-state index contributed by atoms with van der Waals surface area (Å²) in [7, 11) is 0. The van der Waals surface area contributed by atoms with E-state index in [0.29, 0.717) is 32.5 Å². The SMILES string of the molecule is CCCC(C)N1CC=C[C@]23S[C@@H]4C=CCCOC(=O)[C@@H]4[C@H]2C(=O)N(CCCO)C3C1=O. The lowest BCUT2D eigenvalue weighted by Gasteiger charge is -2.37. The molecule has 2 saturated heterocycles. The Labute approximate surface area is 187 Å². The van der Waals surface area contributed by atoms with Crippen LogP contribution in [0.15, 0.2) is 24.3 Å². The predicted octanol–water partition coefficient (Wildman–Crippen LogP) is 1.76. The Balaban J connectivity index is 1.78. The molecule has 4 aliphatic rings. The third-order valence-electron chi connectivity index (χ3n) is 6.95. The van der Waals surface area contributed by atoms with Crippen LogP contribution in [0.2, 0.25) is 0 Å². The molecule has 0 aliphatic carbocycles. The van der Waals surface area contributed by atoms with Gasteiger partial charge in [0.15, 0.2) is 0 Å². The monoisotopic (exact) mass is 448 g/mol. The van der Waals surface area contributed by atoms with E-state index >= 15 is 0 Å². The van der Waals surface area contributed by atoms with Crippen molar-refractivity contribution in [1.29, 1.82) is 0 Å². The van der Waals surface area contributed by atoms with E-state index in [-0.39, 0.29) is 35.7 Å². The highest BCUT2D eigenvalue weighted by atomic mass is 32.2. The van der Waals surface area contributed by atoms with E-state index in [4.69, 9.17) is 4.74 Å². The average molecular weight is 449 g/mol. The van der Waals surface area contributed by atoms with Gasteiger partial charge in [-0.1, -0.05) is 37.6 Å². The van der Waals surface area contributed by atoms with E-state index in [2.05, 4.69) is 13.8 Å². The summed E-state index contributed by atoms with van der Waals surface area (Å²) in [5.74, 6) is -1.82. The predicted molar refractivity (Wildman–Crippen MR) is 118 cm³/mol. The van der Waals surface area contributed by atoms with Gasteiger partial charge in [0.05, 0.1) is 23.2 Å². The van der Waals surface area contributed by atoms with Crippen molar-refractivity contribution in [2.24, 2.45) is 11.8 Å². The van der Waals surface area contributed by atoms with Gasteiger partial charge in [0.25, 0.3) is 0 Å². The van der Waals surface area contributed by atoms with E-state index in [1.54, 1.807) is 16.7 Å². The molecule has 1 N–H and O–H groups in total. The van der Waals surface area contributed by atoms with Gasteiger partial charge in [0, 0.05) is 31.0 Å². The Morgan fingerprint density at radius 1 is 1.29 bits per heavy atom. The number of aliphatic hydroxyl groups excluding tert-OH is 1. The summed E-state index contributed by atoms with van der Waals surface area (Å²) in [5, 5.41) is 9.21. The van der Waals surface area contributed by atoms with Crippen LogP contribution in [0.1, 0.15) is 39.5 Å². The van der Waals surface area contributed by atoms with Crippen molar-refractivity contribution in [3.05, 3.63) is 24.3 Å². The van der Waals surface area contributed by atoms with Crippen molar-refractivity contribution < 1.29 is 24.2 Å². The average Bonchev–Trinajstić information content (AvgIpc) is 3.10. The molecule has 0 saturated carbocycles. The molecule has 4 aliphatic heterocycles. The zero-order valence-corrected chi connectivity index (χ0v) is 19.1. The van der Waals surface area contributed by atoms with E-state index in [0.717, 1.165) is 12.8 Å². The zero-order valence-electron chi connectivity index (χ0n) is 18.2. The van der Waals surface area contributed by atoms with Crippen LogP contribution in [-0.2, 0) is 19.1 Å². The van der Waals surface area contributed by atoms with Crippen molar-refractivity contribution in [3.63, 3.8) is 0 Å². The summed E-state index contributed by atoms with van der Waals surface area (Å²) in [5.41, 5.74) is 0. The highest BCUT2D eigenvalue weighted by Gasteiger charge is 2.70. The van der Waals surface area contributed by atoms with Crippen LogP contribution < -0.4 is 0 Å².